The molecule has 3 unspecified atom stereocenters. The van der Waals surface area contributed by atoms with Crippen molar-refractivity contribution in [2.24, 2.45) is 17.1 Å². The fourth-order valence-electron chi connectivity index (χ4n) is 3.77. The lowest BCUT2D eigenvalue weighted by Crippen LogP contribution is -2.28. The van der Waals surface area contributed by atoms with E-state index in [9.17, 15) is 0 Å². The van der Waals surface area contributed by atoms with Crippen LogP contribution in [0.3, 0.4) is 0 Å². The molecule has 2 heteroatoms. The average Bonchev–Trinajstić information content (AvgIpc) is 2.36. The largest absolute Gasteiger partial charge is 0.493 e. The van der Waals surface area contributed by atoms with Gasteiger partial charge in [0.05, 0.1) is 6.61 Å². The number of fused-ring (bicyclic) bond motifs is 1. The molecule has 0 radical (unpaired) electrons. The van der Waals surface area contributed by atoms with Crippen LogP contribution in [0.25, 0.3) is 0 Å². The van der Waals surface area contributed by atoms with E-state index in [0.717, 1.165) is 31.6 Å². The molecule has 1 aliphatic heterocycles. The van der Waals surface area contributed by atoms with Gasteiger partial charge in [0.1, 0.15) is 5.75 Å². The van der Waals surface area contributed by atoms with Crippen molar-refractivity contribution >= 4 is 0 Å². The Morgan fingerprint density at radius 1 is 1.29 bits per heavy atom. The maximum absolute atomic E-state index is 6.44. The minimum atomic E-state index is 0.290. The molecule has 0 spiro atoms. The van der Waals surface area contributed by atoms with Crippen LogP contribution in [-0.2, 0) is 0 Å². The van der Waals surface area contributed by atoms with Gasteiger partial charge in [0.15, 0.2) is 0 Å². The van der Waals surface area contributed by atoms with E-state index >= 15 is 0 Å². The number of nitrogens with two attached hydrogens (primary N) is 1. The van der Waals surface area contributed by atoms with Gasteiger partial charge in [-0.25, -0.2) is 0 Å². The summed E-state index contributed by atoms with van der Waals surface area (Å²) in [5, 5.41) is 0. The fourth-order valence-corrected chi connectivity index (χ4v) is 3.77. The van der Waals surface area contributed by atoms with Crippen molar-refractivity contribution in [3.05, 3.63) is 29.8 Å². The van der Waals surface area contributed by atoms with E-state index in [4.69, 9.17) is 10.5 Å². The second-order valence-electron chi connectivity index (χ2n) is 7.97. The van der Waals surface area contributed by atoms with Crippen LogP contribution in [0.2, 0.25) is 0 Å². The van der Waals surface area contributed by atoms with Crippen LogP contribution in [0.5, 0.6) is 5.75 Å². The summed E-state index contributed by atoms with van der Waals surface area (Å²) in [6.45, 7) is 10.1. The van der Waals surface area contributed by atoms with Crippen LogP contribution in [0.15, 0.2) is 24.3 Å². The first-order chi connectivity index (χ1) is 9.85. The lowest BCUT2D eigenvalue weighted by molar-refractivity contribution is 0.247. The zero-order chi connectivity index (χ0) is 15.5. The summed E-state index contributed by atoms with van der Waals surface area (Å²) in [7, 11) is 0. The molecular formula is C19H31NO. The maximum Gasteiger partial charge on any atom is 0.122 e. The lowest BCUT2D eigenvalue weighted by atomic mass is 9.80. The molecule has 0 bridgehead atoms. The van der Waals surface area contributed by atoms with Gasteiger partial charge < -0.3 is 10.5 Å². The van der Waals surface area contributed by atoms with Gasteiger partial charge in [-0.15, -0.1) is 0 Å². The molecule has 0 saturated heterocycles. The van der Waals surface area contributed by atoms with Crippen LogP contribution in [0.4, 0.5) is 0 Å². The maximum atomic E-state index is 6.44. The monoisotopic (exact) mass is 289 g/mol. The summed E-state index contributed by atoms with van der Waals surface area (Å²) in [4.78, 5) is 0. The summed E-state index contributed by atoms with van der Waals surface area (Å²) in [6.07, 6.45) is 4.54. The van der Waals surface area contributed by atoms with Gasteiger partial charge in [-0.3, -0.25) is 0 Å². The molecule has 1 heterocycles. The first-order valence-electron chi connectivity index (χ1n) is 8.32. The zero-order valence-electron chi connectivity index (χ0n) is 14.1. The second-order valence-corrected chi connectivity index (χ2v) is 7.97. The van der Waals surface area contributed by atoms with Crippen LogP contribution in [-0.4, -0.2) is 12.6 Å². The topological polar surface area (TPSA) is 35.2 Å². The van der Waals surface area contributed by atoms with Crippen molar-refractivity contribution in [2.45, 2.75) is 65.3 Å². The molecule has 0 aliphatic carbocycles. The Morgan fingerprint density at radius 2 is 2.00 bits per heavy atom. The summed E-state index contributed by atoms with van der Waals surface area (Å²) >= 11 is 0. The molecular weight excluding hydrogens is 258 g/mol. The van der Waals surface area contributed by atoms with E-state index in [2.05, 4.69) is 45.9 Å². The van der Waals surface area contributed by atoms with Gasteiger partial charge in [0.25, 0.3) is 0 Å². The molecule has 21 heavy (non-hydrogen) atoms. The number of hydrogen-bond acceptors (Lipinski definition) is 2. The Balaban J connectivity index is 1.90. The van der Waals surface area contributed by atoms with E-state index in [1.165, 1.54) is 12.0 Å². The Bertz CT molecular complexity index is 449. The third-order valence-corrected chi connectivity index (χ3v) is 4.34. The molecule has 118 valence electrons. The molecule has 0 aromatic heterocycles. The quantitative estimate of drug-likeness (QED) is 0.850. The molecule has 3 atom stereocenters. The predicted octanol–water partition coefficient (Wildman–Crippen LogP) is 4.73. The van der Waals surface area contributed by atoms with E-state index in [-0.39, 0.29) is 0 Å². The third kappa shape index (κ3) is 5.03. The minimum Gasteiger partial charge on any atom is -0.493 e. The SMILES string of the molecule is CC(CC(N)CC1CCOc2ccccc21)CC(C)(C)C. The molecule has 1 aliphatic rings. The number of rotatable bonds is 5. The van der Waals surface area contributed by atoms with Gasteiger partial charge in [-0.05, 0) is 54.6 Å². The molecule has 2 N–H and O–H groups in total. The molecule has 2 nitrogen and oxygen atoms in total. The standard InChI is InChI=1S/C19H31NO/c1-14(13-19(2,3)4)11-16(20)12-15-9-10-21-18-8-6-5-7-17(15)18/h5-8,14-16H,9-13,20H2,1-4H3. The van der Waals surface area contributed by atoms with Gasteiger partial charge in [0.2, 0.25) is 0 Å². The van der Waals surface area contributed by atoms with Crippen LogP contribution >= 0.6 is 0 Å². The number of hydrogen-bond donors (Lipinski definition) is 1. The summed E-state index contributed by atoms with van der Waals surface area (Å²) in [5.41, 5.74) is 8.18. The first-order valence-corrected chi connectivity index (χ1v) is 8.32. The zero-order valence-corrected chi connectivity index (χ0v) is 14.1. The lowest BCUT2D eigenvalue weighted by Gasteiger charge is -2.30. The number of ether oxygens (including phenoxy) is 1. The minimum absolute atomic E-state index is 0.290. The molecule has 2 rings (SSSR count). The van der Waals surface area contributed by atoms with Crippen molar-refractivity contribution in [3.8, 4) is 5.75 Å². The Hall–Kier alpha value is -1.02. The molecule has 1 aromatic rings. The highest BCUT2D eigenvalue weighted by Gasteiger charge is 2.24. The normalized spacial score (nSPS) is 21.3. The van der Waals surface area contributed by atoms with Crippen molar-refractivity contribution in [2.75, 3.05) is 6.61 Å². The van der Waals surface area contributed by atoms with Gasteiger partial charge >= 0.3 is 0 Å². The van der Waals surface area contributed by atoms with Crippen molar-refractivity contribution in [3.63, 3.8) is 0 Å². The molecule has 1 aromatic carbocycles. The Labute approximate surface area is 130 Å². The van der Waals surface area contributed by atoms with Crippen molar-refractivity contribution in [1.82, 2.24) is 0 Å². The third-order valence-electron chi connectivity index (χ3n) is 4.34. The van der Waals surface area contributed by atoms with E-state index < -0.39 is 0 Å². The highest BCUT2D eigenvalue weighted by molar-refractivity contribution is 5.37. The van der Waals surface area contributed by atoms with Crippen molar-refractivity contribution in [1.29, 1.82) is 0 Å². The van der Waals surface area contributed by atoms with Crippen LogP contribution < -0.4 is 10.5 Å². The summed E-state index contributed by atoms with van der Waals surface area (Å²) in [5.74, 6) is 2.31. The second kappa shape index (κ2) is 6.83. The van der Waals surface area contributed by atoms with Crippen LogP contribution in [0, 0.1) is 11.3 Å². The molecule has 0 amide bonds. The van der Waals surface area contributed by atoms with E-state index in [1.54, 1.807) is 0 Å². The Kier molecular flexibility index (Phi) is 5.32. The van der Waals surface area contributed by atoms with Crippen LogP contribution in [0.1, 0.15) is 64.9 Å². The van der Waals surface area contributed by atoms with Gasteiger partial charge in [-0.1, -0.05) is 45.9 Å². The number of para-hydroxylation sites is 1. The average molecular weight is 289 g/mol. The van der Waals surface area contributed by atoms with Gasteiger partial charge in [-0.2, -0.15) is 0 Å². The number of benzene rings is 1. The van der Waals surface area contributed by atoms with E-state index in [1.807, 2.05) is 6.07 Å². The highest BCUT2D eigenvalue weighted by Crippen LogP contribution is 2.37. The smallest absolute Gasteiger partial charge is 0.122 e. The molecule has 0 saturated carbocycles. The van der Waals surface area contributed by atoms with Crippen molar-refractivity contribution < 1.29 is 4.74 Å². The molecule has 0 fully saturated rings. The Morgan fingerprint density at radius 3 is 2.71 bits per heavy atom. The van der Waals surface area contributed by atoms with Gasteiger partial charge in [0, 0.05) is 6.04 Å². The predicted molar refractivity (Wildman–Crippen MR) is 89.7 cm³/mol. The first kappa shape index (κ1) is 16.4. The fraction of sp³-hybridized carbons (Fsp3) is 0.684. The van der Waals surface area contributed by atoms with E-state index in [0.29, 0.717) is 23.3 Å². The summed E-state index contributed by atoms with van der Waals surface area (Å²) < 4.78 is 5.74. The highest BCUT2D eigenvalue weighted by atomic mass is 16.5. The summed E-state index contributed by atoms with van der Waals surface area (Å²) in [6, 6.07) is 8.72.